The van der Waals surface area contributed by atoms with Gasteiger partial charge in [0.2, 0.25) is 0 Å². The second kappa shape index (κ2) is 8.25. The van der Waals surface area contributed by atoms with Gasteiger partial charge in [-0.05, 0) is 44.0 Å². The minimum Gasteiger partial charge on any atom is -0.379 e. The van der Waals surface area contributed by atoms with Gasteiger partial charge in [0, 0.05) is 31.9 Å². The highest BCUT2D eigenvalue weighted by Crippen LogP contribution is 2.22. The molecule has 5 heteroatoms. The van der Waals surface area contributed by atoms with E-state index in [1.54, 1.807) is 0 Å². The van der Waals surface area contributed by atoms with Crippen LogP contribution < -0.4 is 0 Å². The Labute approximate surface area is 138 Å². The number of piperidine rings is 1. The Morgan fingerprint density at radius 2 is 2.05 bits per heavy atom. The summed E-state index contributed by atoms with van der Waals surface area (Å²) < 4.78 is 5.43. The van der Waals surface area contributed by atoms with Crippen molar-refractivity contribution in [2.45, 2.75) is 38.3 Å². The van der Waals surface area contributed by atoms with Gasteiger partial charge in [-0.25, -0.2) is 4.98 Å². The molecule has 1 aromatic rings. The van der Waals surface area contributed by atoms with E-state index in [1.165, 1.54) is 44.3 Å². The minimum atomic E-state index is 0.575. The van der Waals surface area contributed by atoms with Crippen LogP contribution in [0.4, 0.5) is 0 Å². The third kappa shape index (κ3) is 4.66. The Kier molecular flexibility index (Phi) is 6.07. The molecule has 0 N–H and O–H groups in total. The lowest BCUT2D eigenvalue weighted by Gasteiger charge is -2.37. The molecule has 0 aromatic carbocycles. The average Bonchev–Trinajstić information content (AvgIpc) is 2.57. The second-order valence-corrected chi connectivity index (χ2v) is 6.74. The summed E-state index contributed by atoms with van der Waals surface area (Å²) >= 11 is 5.88. The van der Waals surface area contributed by atoms with Crippen molar-refractivity contribution in [3.63, 3.8) is 0 Å². The molecule has 0 unspecified atom stereocenters. The highest BCUT2D eigenvalue weighted by atomic mass is 35.5. The predicted octanol–water partition coefficient (Wildman–Crippen LogP) is 2.81. The summed E-state index contributed by atoms with van der Waals surface area (Å²) in [7, 11) is 0. The summed E-state index contributed by atoms with van der Waals surface area (Å²) in [6.07, 6.45) is 7.18. The number of rotatable bonds is 5. The van der Waals surface area contributed by atoms with Crippen molar-refractivity contribution >= 4 is 11.6 Å². The number of hydrogen-bond donors (Lipinski definition) is 0. The summed E-state index contributed by atoms with van der Waals surface area (Å²) in [4.78, 5) is 9.38. The SMILES string of the molecule is Clc1ccc(CN2CCCC[C@@H]2CCN2CCOCC2)cn1. The van der Waals surface area contributed by atoms with Crippen LogP contribution in [0.3, 0.4) is 0 Å². The zero-order valence-corrected chi connectivity index (χ0v) is 14.0. The summed E-state index contributed by atoms with van der Waals surface area (Å²) in [5, 5.41) is 0.575. The molecule has 2 saturated heterocycles. The van der Waals surface area contributed by atoms with E-state index in [4.69, 9.17) is 16.3 Å². The Hall–Kier alpha value is -0.680. The van der Waals surface area contributed by atoms with Gasteiger partial charge in [-0.3, -0.25) is 9.80 Å². The van der Waals surface area contributed by atoms with E-state index in [0.29, 0.717) is 11.2 Å². The van der Waals surface area contributed by atoms with E-state index in [0.717, 1.165) is 32.8 Å². The molecule has 2 aliphatic heterocycles. The van der Waals surface area contributed by atoms with Crippen LogP contribution in [-0.2, 0) is 11.3 Å². The van der Waals surface area contributed by atoms with Gasteiger partial charge in [-0.1, -0.05) is 24.1 Å². The Morgan fingerprint density at radius 1 is 1.18 bits per heavy atom. The lowest BCUT2D eigenvalue weighted by Crippen LogP contribution is -2.43. The maximum absolute atomic E-state index is 5.88. The third-order valence-corrected chi connectivity index (χ3v) is 5.03. The number of morpholine rings is 1. The van der Waals surface area contributed by atoms with Crippen LogP contribution in [0.25, 0.3) is 0 Å². The smallest absolute Gasteiger partial charge is 0.129 e. The number of hydrogen-bond acceptors (Lipinski definition) is 4. The van der Waals surface area contributed by atoms with E-state index >= 15 is 0 Å². The molecule has 2 aliphatic rings. The Morgan fingerprint density at radius 3 is 2.82 bits per heavy atom. The molecular formula is C17H26ClN3O. The van der Waals surface area contributed by atoms with Crippen LogP contribution in [0.15, 0.2) is 18.3 Å². The molecule has 3 rings (SSSR count). The molecule has 0 aliphatic carbocycles. The number of likely N-dealkylation sites (tertiary alicyclic amines) is 1. The molecule has 1 atom stereocenters. The summed E-state index contributed by atoms with van der Waals surface area (Å²) in [5.74, 6) is 0. The van der Waals surface area contributed by atoms with Crippen molar-refractivity contribution in [3.05, 3.63) is 29.0 Å². The van der Waals surface area contributed by atoms with Crippen LogP contribution in [-0.4, -0.2) is 60.2 Å². The van der Waals surface area contributed by atoms with Gasteiger partial charge in [0.1, 0.15) is 5.15 Å². The van der Waals surface area contributed by atoms with E-state index in [9.17, 15) is 0 Å². The van der Waals surface area contributed by atoms with Crippen LogP contribution in [0.2, 0.25) is 5.15 Å². The standard InChI is InChI=1S/C17H26ClN3O/c18-17-5-4-15(13-19-17)14-21-7-2-1-3-16(21)6-8-20-9-11-22-12-10-20/h4-5,13,16H,1-3,6-12,14H2/t16-/m1/s1. The van der Waals surface area contributed by atoms with E-state index in [1.807, 2.05) is 12.3 Å². The first-order chi connectivity index (χ1) is 10.8. The van der Waals surface area contributed by atoms with Gasteiger partial charge < -0.3 is 4.74 Å². The van der Waals surface area contributed by atoms with Crippen molar-refractivity contribution in [1.82, 2.24) is 14.8 Å². The molecule has 1 aromatic heterocycles. The number of pyridine rings is 1. The van der Waals surface area contributed by atoms with E-state index in [-0.39, 0.29) is 0 Å². The normalized spacial score (nSPS) is 24.5. The molecule has 22 heavy (non-hydrogen) atoms. The van der Waals surface area contributed by atoms with Crippen molar-refractivity contribution in [2.24, 2.45) is 0 Å². The average molecular weight is 324 g/mol. The zero-order chi connectivity index (χ0) is 15.2. The lowest BCUT2D eigenvalue weighted by molar-refractivity contribution is 0.0302. The Balaban J connectivity index is 1.52. The topological polar surface area (TPSA) is 28.6 Å². The highest BCUT2D eigenvalue weighted by molar-refractivity contribution is 6.29. The summed E-state index contributed by atoms with van der Waals surface area (Å²) in [6.45, 7) is 7.37. The number of nitrogens with zero attached hydrogens (tertiary/aromatic N) is 3. The predicted molar refractivity (Wildman–Crippen MR) is 89.2 cm³/mol. The maximum atomic E-state index is 5.88. The van der Waals surface area contributed by atoms with Crippen LogP contribution in [0.1, 0.15) is 31.2 Å². The fraction of sp³-hybridized carbons (Fsp3) is 0.706. The van der Waals surface area contributed by atoms with Gasteiger partial charge in [-0.2, -0.15) is 0 Å². The largest absolute Gasteiger partial charge is 0.379 e. The van der Waals surface area contributed by atoms with Gasteiger partial charge in [0.25, 0.3) is 0 Å². The van der Waals surface area contributed by atoms with Gasteiger partial charge in [-0.15, -0.1) is 0 Å². The maximum Gasteiger partial charge on any atom is 0.129 e. The molecule has 0 spiro atoms. The Bertz CT molecular complexity index is 448. The summed E-state index contributed by atoms with van der Waals surface area (Å²) in [5.41, 5.74) is 1.27. The molecule has 4 nitrogen and oxygen atoms in total. The van der Waals surface area contributed by atoms with Crippen LogP contribution in [0.5, 0.6) is 0 Å². The third-order valence-electron chi connectivity index (χ3n) is 4.81. The van der Waals surface area contributed by atoms with Crippen LogP contribution >= 0.6 is 11.6 Å². The molecule has 0 radical (unpaired) electrons. The molecule has 0 amide bonds. The molecular weight excluding hydrogens is 298 g/mol. The summed E-state index contributed by atoms with van der Waals surface area (Å²) in [6, 6.07) is 4.69. The van der Waals surface area contributed by atoms with Crippen molar-refractivity contribution in [1.29, 1.82) is 0 Å². The monoisotopic (exact) mass is 323 g/mol. The van der Waals surface area contributed by atoms with Crippen molar-refractivity contribution in [2.75, 3.05) is 39.4 Å². The highest BCUT2D eigenvalue weighted by Gasteiger charge is 2.23. The molecule has 0 bridgehead atoms. The first-order valence-electron chi connectivity index (χ1n) is 8.46. The quantitative estimate of drug-likeness (QED) is 0.779. The molecule has 0 saturated carbocycles. The van der Waals surface area contributed by atoms with Gasteiger partial charge >= 0.3 is 0 Å². The zero-order valence-electron chi connectivity index (χ0n) is 13.2. The first kappa shape index (κ1) is 16.2. The molecule has 122 valence electrons. The first-order valence-corrected chi connectivity index (χ1v) is 8.83. The van der Waals surface area contributed by atoms with Crippen molar-refractivity contribution < 1.29 is 4.74 Å². The number of ether oxygens (including phenoxy) is 1. The molecule has 3 heterocycles. The number of aromatic nitrogens is 1. The minimum absolute atomic E-state index is 0.575. The van der Waals surface area contributed by atoms with Gasteiger partial charge in [0.05, 0.1) is 13.2 Å². The molecule has 2 fully saturated rings. The van der Waals surface area contributed by atoms with E-state index < -0.39 is 0 Å². The van der Waals surface area contributed by atoms with Crippen molar-refractivity contribution in [3.8, 4) is 0 Å². The van der Waals surface area contributed by atoms with Gasteiger partial charge in [0.15, 0.2) is 0 Å². The fourth-order valence-electron chi connectivity index (χ4n) is 3.49. The lowest BCUT2D eigenvalue weighted by atomic mass is 9.98. The fourth-order valence-corrected chi connectivity index (χ4v) is 3.60. The van der Waals surface area contributed by atoms with Crippen LogP contribution in [0, 0.1) is 0 Å². The van der Waals surface area contributed by atoms with E-state index in [2.05, 4.69) is 20.9 Å². The number of halogens is 1. The second-order valence-electron chi connectivity index (χ2n) is 6.35.